The zero-order valence-corrected chi connectivity index (χ0v) is 31.1. The molecule has 1 saturated heterocycles. The lowest BCUT2D eigenvalue weighted by Crippen LogP contribution is -2.46. The standard InChI is InChI=1S/C40H42ClN5O5Si/c1-27-38(52(2,3)50)37(20-21-44-24-35(42-43-44)33(25-47)29-10-6-4-7-11-29)51-40(27)34-22-30(41)16-19-36(34)45(39(40)49)23-28-14-17-32(18-15-28)46(26-48)31-12-8-5-9-13-31/h4-19,22,24,26-27,33,37-38,47,50H,20-21,23,25H2,1-3H3/t27-,33?,37+,38-,40+/m1/s1. The molecule has 2 aliphatic rings. The molecule has 4 aromatic carbocycles. The highest BCUT2D eigenvalue weighted by Gasteiger charge is 2.66. The lowest BCUT2D eigenvalue weighted by atomic mass is 9.82. The summed E-state index contributed by atoms with van der Waals surface area (Å²) in [5, 5.41) is 19.4. The summed E-state index contributed by atoms with van der Waals surface area (Å²) in [5.41, 5.74) is 3.77. The van der Waals surface area contributed by atoms with Gasteiger partial charge in [-0.15, -0.1) is 5.10 Å². The Balaban J connectivity index is 1.15. The van der Waals surface area contributed by atoms with Gasteiger partial charge in [0.25, 0.3) is 5.91 Å². The summed E-state index contributed by atoms with van der Waals surface area (Å²) in [6, 6.07) is 32.2. The Morgan fingerprint density at radius 1 is 1.00 bits per heavy atom. The second-order valence-corrected chi connectivity index (χ2v) is 18.6. The number of ether oxygens (including phenoxy) is 1. The smallest absolute Gasteiger partial charge is 0.264 e. The van der Waals surface area contributed by atoms with E-state index in [1.165, 1.54) is 0 Å². The number of aryl methyl sites for hydroxylation is 1. The van der Waals surface area contributed by atoms with Gasteiger partial charge in [0.15, 0.2) is 13.9 Å². The SMILES string of the molecule is C[C@@H]1[C@@H]([Si](C)(C)O)[C@H](CCn2cc(C(CO)c3ccccc3)nn2)O[C@@]12C(=O)N(Cc1ccc(N(C=O)c3ccccc3)cc1)c1ccc(Cl)cc12. The normalized spacial score (nSPS) is 21.8. The van der Waals surface area contributed by atoms with Gasteiger partial charge in [0.05, 0.1) is 36.6 Å². The van der Waals surface area contributed by atoms with Crippen LogP contribution in [0.15, 0.2) is 109 Å². The van der Waals surface area contributed by atoms with E-state index in [0.717, 1.165) is 28.9 Å². The number of aromatic nitrogens is 3. The summed E-state index contributed by atoms with van der Waals surface area (Å²) in [6.45, 7) is 6.44. The van der Waals surface area contributed by atoms with Crippen LogP contribution in [0.4, 0.5) is 17.1 Å². The minimum Gasteiger partial charge on any atom is -0.432 e. The molecule has 2 aliphatic heterocycles. The summed E-state index contributed by atoms with van der Waals surface area (Å²) in [6.07, 6.45) is 2.67. The van der Waals surface area contributed by atoms with E-state index in [4.69, 9.17) is 16.3 Å². The Bertz CT molecular complexity index is 2040. The van der Waals surface area contributed by atoms with Crippen LogP contribution in [0.2, 0.25) is 23.7 Å². The number of hydrogen-bond donors (Lipinski definition) is 2. The van der Waals surface area contributed by atoms with Crippen LogP contribution < -0.4 is 9.80 Å². The Kier molecular flexibility index (Phi) is 9.90. The topological polar surface area (TPSA) is 121 Å². The third-order valence-corrected chi connectivity index (χ3v) is 13.3. The number of carbonyl (C=O) groups is 2. The number of amides is 2. The third kappa shape index (κ3) is 6.48. The predicted octanol–water partition coefficient (Wildman–Crippen LogP) is 6.79. The third-order valence-electron chi connectivity index (χ3n) is 10.6. The van der Waals surface area contributed by atoms with Crippen LogP contribution in [-0.4, -0.2) is 58.2 Å². The molecule has 1 spiro atoms. The monoisotopic (exact) mass is 735 g/mol. The Morgan fingerprint density at radius 2 is 1.67 bits per heavy atom. The summed E-state index contributed by atoms with van der Waals surface area (Å²) in [4.78, 5) is 41.9. The molecule has 3 heterocycles. The summed E-state index contributed by atoms with van der Waals surface area (Å²) >= 11 is 6.59. The highest BCUT2D eigenvalue weighted by Crippen LogP contribution is 2.60. The Hall–Kier alpha value is -4.65. The molecular formula is C40H42ClN5O5Si. The minimum atomic E-state index is -2.89. The maximum absolute atomic E-state index is 14.8. The van der Waals surface area contributed by atoms with Gasteiger partial charge in [0, 0.05) is 46.2 Å². The molecule has 2 N–H and O–H groups in total. The number of halogens is 1. The van der Waals surface area contributed by atoms with E-state index in [-0.39, 0.29) is 36.4 Å². The molecule has 0 radical (unpaired) electrons. The molecule has 1 unspecified atom stereocenters. The molecule has 7 rings (SSSR count). The number of fused-ring (bicyclic) bond motifs is 2. The number of hydrogen-bond acceptors (Lipinski definition) is 7. The number of para-hydroxylation sites is 1. The summed E-state index contributed by atoms with van der Waals surface area (Å²) in [7, 11) is -2.89. The van der Waals surface area contributed by atoms with E-state index < -0.39 is 20.0 Å². The first-order valence-electron chi connectivity index (χ1n) is 17.5. The van der Waals surface area contributed by atoms with E-state index >= 15 is 0 Å². The van der Waals surface area contributed by atoms with Crippen molar-refractivity contribution in [2.75, 3.05) is 16.4 Å². The van der Waals surface area contributed by atoms with E-state index in [1.54, 1.807) is 20.5 Å². The first-order valence-corrected chi connectivity index (χ1v) is 20.9. The average molecular weight is 736 g/mol. The lowest BCUT2D eigenvalue weighted by Gasteiger charge is -2.32. The van der Waals surface area contributed by atoms with Crippen molar-refractivity contribution in [3.8, 4) is 0 Å². The molecule has 5 aromatic rings. The molecule has 0 aliphatic carbocycles. The van der Waals surface area contributed by atoms with E-state index in [1.807, 2.05) is 123 Å². The van der Waals surface area contributed by atoms with Crippen molar-refractivity contribution in [1.29, 1.82) is 0 Å². The molecule has 52 heavy (non-hydrogen) atoms. The van der Waals surface area contributed by atoms with E-state index in [9.17, 15) is 19.5 Å². The second-order valence-electron chi connectivity index (χ2n) is 14.2. The molecule has 5 atom stereocenters. The van der Waals surface area contributed by atoms with Crippen LogP contribution in [0.25, 0.3) is 0 Å². The summed E-state index contributed by atoms with van der Waals surface area (Å²) in [5.74, 6) is -0.844. The second kappa shape index (κ2) is 14.4. The molecule has 0 saturated carbocycles. The predicted molar refractivity (Wildman–Crippen MR) is 203 cm³/mol. The molecule has 10 nitrogen and oxygen atoms in total. The fourth-order valence-corrected chi connectivity index (χ4v) is 11.0. The van der Waals surface area contributed by atoms with Gasteiger partial charge in [0.2, 0.25) is 6.41 Å². The van der Waals surface area contributed by atoms with Crippen molar-refractivity contribution in [1.82, 2.24) is 15.0 Å². The van der Waals surface area contributed by atoms with Crippen LogP contribution in [-0.2, 0) is 33.0 Å². The zero-order chi connectivity index (χ0) is 36.6. The van der Waals surface area contributed by atoms with Crippen molar-refractivity contribution < 1.29 is 24.2 Å². The number of carbonyl (C=O) groups excluding carboxylic acids is 2. The van der Waals surface area contributed by atoms with Gasteiger partial charge in [-0.2, -0.15) is 0 Å². The number of nitrogens with zero attached hydrogens (tertiary/aromatic N) is 5. The van der Waals surface area contributed by atoms with Crippen LogP contribution in [0.3, 0.4) is 0 Å². The summed E-state index contributed by atoms with van der Waals surface area (Å²) < 4.78 is 8.72. The van der Waals surface area contributed by atoms with Crippen LogP contribution >= 0.6 is 11.6 Å². The molecular weight excluding hydrogens is 694 g/mol. The van der Waals surface area contributed by atoms with Gasteiger partial charge in [-0.05, 0) is 73.1 Å². The number of anilines is 3. The molecule has 268 valence electrons. The van der Waals surface area contributed by atoms with Gasteiger partial charge < -0.3 is 19.5 Å². The fourth-order valence-electron chi connectivity index (χ4n) is 8.18. The molecule has 1 aromatic heterocycles. The van der Waals surface area contributed by atoms with Crippen LogP contribution in [0, 0.1) is 5.92 Å². The average Bonchev–Trinajstić information content (AvgIpc) is 3.80. The molecule has 2 amide bonds. The number of benzene rings is 4. The van der Waals surface area contributed by atoms with Gasteiger partial charge in [-0.25, -0.2) is 0 Å². The van der Waals surface area contributed by atoms with Gasteiger partial charge >= 0.3 is 0 Å². The van der Waals surface area contributed by atoms with Crippen molar-refractivity contribution in [3.63, 3.8) is 0 Å². The quantitative estimate of drug-likeness (QED) is 0.107. The van der Waals surface area contributed by atoms with Gasteiger partial charge in [-0.1, -0.05) is 84.4 Å². The lowest BCUT2D eigenvalue weighted by molar-refractivity contribution is -0.146. The number of aliphatic hydroxyl groups is 1. The molecule has 1 fully saturated rings. The highest BCUT2D eigenvalue weighted by atomic mass is 35.5. The minimum absolute atomic E-state index is 0.101. The highest BCUT2D eigenvalue weighted by molar-refractivity contribution is 6.71. The Labute approximate surface area is 309 Å². The maximum atomic E-state index is 14.8. The fraction of sp³-hybridized carbons (Fsp3) is 0.300. The first kappa shape index (κ1) is 35.7. The number of rotatable bonds is 12. The van der Waals surface area contributed by atoms with Gasteiger partial charge in [-0.3, -0.25) is 19.2 Å². The Morgan fingerprint density at radius 3 is 2.33 bits per heavy atom. The molecule has 12 heteroatoms. The van der Waals surface area contributed by atoms with Gasteiger partial charge in [0.1, 0.15) is 0 Å². The van der Waals surface area contributed by atoms with E-state index in [0.29, 0.717) is 34.9 Å². The van der Waals surface area contributed by atoms with Crippen molar-refractivity contribution >= 4 is 49.3 Å². The van der Waals surface area contributed by atoms with Crippen LogP contribution in [0.1, 0.15) is 41.6 Å². The van der Waals surface area contributed by atoms with Crippen molar-refractivity contribution in [2.24, 2.45) is 5.92 Å². The largest absolute Gasteiger partial charge is 0.432 e. The maximum Gasteiger partial charge on any atom is 0.264 e. The number of aliphatic hydroxyl groups excluding tert-OH is 1. The van der Waals surface area contributed by atoms with Crippen molar-refractivity contribution in [3.05, 3.63) is 137 Å². The molecule has 0 bridgehead atoms. The first-order chi connectivity index (χ1) is 25.0. The zero-order valence-electron chi connectivity index (χ0n) is 29.3. The van der Waals surface area contributed by atoms with E-state index in [2.05, 4.69) is 10.3 Å². The van der Waals surface area contributed by atoms with Crippen molar-refractivity contribution in [2.45, 2.75) is 62.7 Å². The van der Waals surface area contributed by atoms with Crippen LogP contribution in [0.5, 0.6) is 0 Å².